The number of hydrogen-bond acceptors (Lipinski definition) is 4. The quantitative estimate of drug-likeness (QED) is 0.494. The van der Waals surface area contributed by atoms with Crippen LogP contribution < -0.4 is 10.0 Å². The summed E-state index contributed by atoms with van der Waals surface area (Å²) < 4.78 is 28.2. The number of amides is 1. The van der Waals surface area contributed by atoms with E-state index in [1.165, 1.54) is 23.9 Å². The van der Waals surface area contributed by atoms with E-state index >= 15 is 0 Å². The Hall–Kier alpha value is -2.77. The summed E-state index contributed by atoms with van der Waals surface area (Å²) in [6, 6.07) is 21.5. The van der Waals surface area contributed by atoms with Gasteiger partial charge in [-0.2, -0.15) is 0 Å². The molecule has 0 heterocycles. The zero-order valence-electron chi connectivity index (χ0n) is 17.0. The average molecular weight is 441 g/mol. The lowest BCUT2D eigenvalue weighted by Crippen LogP contribution is -2.22. The van der Waals surface area contributed by atoms with E-state index in [1.54, 1.807) is 12.1 Å². The molecule has 3 rings (SSSR count). The fourth-order valence-electron chi connectivity index (χ4n) is 2.89. The molecule has 0 aromatic heterocycles. The van der Waals surface area contributed by atoms with Gasteiger partial charge in [0.2, 0.25) is 5.91 Å². The fourth-order valence-corrected chi connectivity index (χ4v) is 4.98. The summed E-state index contributed by atoms with van der Waals surface area (Å²) >= 11 is 1.46. The van der Waals surface area contributed by atoms with Gasteiger partial charge in [-0.1, -0.05) is 36.4 Å². The van der Waals surface area contributed by atoms with Gasteiger partial charge in [0.05, 0.1) is 15.8 Å². The summed E-state index contributed by atoms with van der Waals surface area (Å²) in [5.41, 5.74) is 2.84. The molecule has 0 saturated heterocycles. The van der Waals surface area contributed by atoms with Gasteiger partial charge in [-0.3, -0.25) is 9.52 Å². The molecule has 30 heavy (non-hydrogen) atoms. The highest BCUT2D eigenvalue weighted by Crippen LogP contribution is 2.26. The summed E-state index contributed by atoms with van der Waals surface area (Å²) in [6.45, 7) is 5.55. The maximum absolute atomic E-state index is 12.7. The topological polar surface area (TPSA) is 75.3 Å². The highest BCUT2D eigenvalue weighted by Gasteiger charge is 2.18. The summed E-state index contributed by atoms with van der Waals surface area (Å²) in [6.07, 6.45) is 0. The maximum atomic E-state index is 12.7. The van der Waals surface area contributed by atoms with E-state index in [2.05, 4.69) is 10.0 Å². The molecule has 3 aromatic carbocycles. The predicted molar refractivity (Wildman–Crippen MR) is 124 cm³/mol. The second kappa shape index (κ2) is 9.36. The number of benzene rings is 3. The van der Waals surface area contributed by atoms with E-state index in [4.69, 9.17) is 0 Å². The molecule has 0 aliphatic carbocycles. The third kappa shape index (κ3) is 5.43. The van der Waals surface area contributed by atoms with Crippen molar-refractivity contribution in [2.75, 3.05) is 10.0 Å². The van der Waals surface area contributed by atoms with Crippen LogP contribution in [0.3, 0.4) is 0 Å². The van der Waals surface area contributed by atoms with Crippen LogP contribution in [-0.2, 0) is 14.8 Å². The average Bonchev–Trinajstić information content (AvgIpc) is 2.72. The first kappa shape index (κ1) is 21.9. The molecule has 7 heteroatoms. The lowest BCUT2D eigenvalue weighted by molar-refractivity contribution is -0.115. The largest absolute Gasteiger partial charge is 0.325 e. The molecule has 156 valence electrons. The summed E-state index contributed by atoms with van der Waals surface area (Å²) in [4.78, 5) is 13.6. The van der Waals surface area contributed by atoms with Crippen molar-refractivity contribution in [3.8, 4) is 0 Å². The lowest BCUT2D eigenvalue weighted by Gasteiger charge is -2.14. The molecule has 0 aliphatic rings. The number of sulfonamides is 1. The van der Waals surface area contributed by atoms with Gasteiger partial charge >= 0.3 is 0 Å². The van der Waals surface area contributed by atoms with Gasteiger partial charge in [0.25, 0.3) is 10.0 Å². The molecule has 2 N–H and O–H groups in total. The fraction of sp³-hybridized carbons (Fsp3) is 0.174. The number of hydrogen-bond donors (Lipinski definition) is 2. The first-order chi connectivity index (χ1) is 14.3. The van der Waals surface area contributed by atoms with Gasteiger partial charge in [0, 0.05) is 10.6 Å². The smallest absolute Gasteiger partial charge is 0.261 e. The van der Waals surface area contributed by atoms with Crippen LogP contribution in [0, 0.1) is 13.8 Å². The minimum atomic E-state index is -3.73. The molecule has 0 bridgehead atoms. The number of aryl methyl sites for hydroxylation is 2. The Morgan fingerprint density at radius 1 is 0.867 bits per heavy atom. The second-order valence-corrected chi connectivity index (χ2v) is 10.1. The Labute approximate surface area is 182 Å². The third-order valence-electron chi connectivity index (χ3n) is 4.57. The normalized spacial score (nSPS) is 12.2. The molecular formula is C23H24N2O3S2. The second-order valence-electron chi connectivity index (χ2n) is 6.96. The van der Waals surface area contributed by atoms with Gasteiger partial charge in [0.15, 0.2) is 0 Å². The van der Waals surface area contributed by atoms with Crippen LogP contribution in [0.1, 0.15) is 18.1 Å². The maximum Gasteiger partial charge on any atom is 0.261 e. The lowest BCUT2D eigenvalue weighted by atomic mass is 10.1. The van der Waals surface area contributed by atoms with Gasteiger partial charge in [-0.15, -0.1) is 11.8 Å². The van der Waals surface area contributed by atoms with Gasteiger partial charge in [0.1, 0.15) is 0 Å². The summed E-state index contributed by atoms with van der Waals surface area (Å²) in [5, 5.41) is 2.54. The number of thioether (sulfide) groups is 1. The number of rotatable bonds is 7. The van der Waals surface area contributed by atoms with Crippen molar-refractivity contribution in [3.05, 3.63) is 83.9 Å². The molecular weight excluding hydrogens is 416 g/mol. The molecule has 0 aliphatic heterocycles. The van der Waals surface area contributed by atoms with Gasteiger partial charge in [-0.25, -0.2) is 8.42 Å². The van der Waals surface area contributed by atoms with Crippen LogP contribution in [0.2, 0.25) is 0 Å². The summed E-state index contributed by atoms with van der Waals surface area (Å²) in [5.74, 6) is -0.145. The Balaban J connectivity index is 1.67. The molecule has 0 fully saturated rings. The van der Waals surface area contributed by atoms with Crippen LogP contribution >= 0.6 is 11.8 Å². The monoisotopic (exact) mass is 440 g/mol. The number of carbonyl (C=O) groups is 1. The molecule has 0 spiro atoms. The van der Waals surface area contributed by atoms with Crippen LogP contribution in [0.25, 0.3) is 0 Å². The number of nitrogens with one attached hydrogen (secondary N) is 2. The van der Waals surface area contributed by atoms with E-state index < -0.39 is 10.0 Å². The number of carbonyl (C=O) groups excluding carboxylic acids is 1. The van der Waals surface area contributed by atoms with Gasteiger partial charge in [-0.05, 0) is 68.3 Å². The first-order valence-electron chi connectivity index (χ1n) is 9.48. The first-order valence-corrected chi connectivity index (χ1v) is 11.8. The van der Waals surface area contributed by atoms with Crippen molar-refractivity contribution in [2.45, 2.75) is 35.8 Å². The van der Waals surface area contributed by atoms with Crippen molar-refractivity contribution < 1.29 is 13.2 Å². The van der Waals surface area contributed by atoms with Crippen LogP contribution in [0.5, 0.6) is 0 Å². The molecule has 0 unspecified atom stereocenters. The molecule has 0 radical (unpaired) electrons. The van der Waals surface area contributed by atoms with Crippen molar-refractivity contribution in [3.63, 3.8) is 0 Å². The highest BCUT2D eigenvalue weighted by molar-refractivity contribution is 8.00. The summed E-state index contributed by atoms with van der Waals surface area (Å²) in [7, 11) is -3.73. The molecule has 3 aromatic rings. The molecule has 1 amide bonds. The van der Waals surface area contributed by atoms with E-state index in [1.807, 2.05) is 69.3 Å². The number of anilines is 2. The van der Waals surface area contributed by atoms with Crippen molar-refractivity contribution in [2.24, 2.45) is 0 Å². The minimum absolute atomic E-state index is 0.134. The Morgan fingerprint density at radius 3 is 2.07 bits per heavy atom. The zero-order chi connectivity index (χ0) is 21.7. The van der Waals surface area contributed by atoms with E-state index in [9.17, 15) is 13.2 Å². The van der Waals surface area contributed by atoms with E-state index in [-0.39, 0.29) is 16.1 Å². The molecule has 1 atom stereocenters. The molecule has 0 saturated carbocycles. The SMILES string of the molecule is Cc1cccc(C)c1NS(=O)(=O)c1ccc(NC(=O)[C@@H](C)Sc2ccccc2)cc1. The van der Waals surface area contributed by atoms with Gasteiger partial charge < -0.3 is 5.32 Å². The number of para-hydroxylation sites is 1. The van der Waals surface area contributed by atoms with Crippen LogP contribution in [0.4, 0.5) is 11.4 Å². The Bertz CT molecular complexity index is 1110. The van der Waals surface area contributed by atoms with Crippen molar-refractivity contribution in [1.29, 1.82) is 0 Å². The zero-order valence-corrected chi connectivity index (χ0v) is 18.7. The third-order valence-corrected chi connectivity index (χ3v) is 7.05. The van der Waals surface area contributed by atoms with E-state index in [0.29, 0.717) is 11.4 Å². The Kier molecular flexibility index (Phi) is 6.84. The van der Waals surface area contributed by atoms with Crippen molar-refractivity contribution in [1.82, 2.24) is 0 Å². The predicted octanol–water partition coefficient (Wildman–Crippen LogP) is 5.22. The van der Waals surface area contributed by atoms with Crippen LogP contribution in [0.15, 0.2) is 82.6 Å². The van der Waals surface area contributed by atoms with Crippen molar-refractivity contribution >= 4 is 39.1 Å². The Morgan fingerprint density at radius 2 is 1.47 bits per heavy atom. The molecule has 5 nitrogen and oxygen atoms in total. The minimum Gasteiger partial charge on any atom is -0.325 e. The van der Waals surface area contributed by atoms with Crippen LogP contribution in [-0.4, -0.2) is 19.6 Å². The standard InChI is InChI=1S/C23H24N2O3S2/c1-16-8-7-9-17(2)22(16)25-30(27,28)21-14-12-19(13-15-21)24-23(26)18(3)29-20-10-5-4-6-11-20/h4-15,18,25H,1-3H3,(H,24,26)/t18-/m1/s1. The van der Waals surface area contributed by atoms with E-state index in [0.717, 1.165) is 16.0 Å². The highest BCUT2D eigenvalue weighted by atomic mass is 32.2.